The van der Waals surface area contributed by atoms with Crippen molar-refractivity contribution in [2.24, 2.45) is 0 Å². The second kappa shape index (κ2) is 11.1. The van der Waals surface area contributed by atoms with Gasteiger partial charge in [-0.25, -0.2) is 0 Å². The van der Waals surface area contributed by atoms with Gasteiger partial charge in [-0.15, -0.1) is 0 Å². The average Bonchev–Trinajstić information content (AvgIpc) is 3.10. The van der Waals surface area contributed by atoms with Crippen molar-refractivity contribution in [3.05, 3.63) is 100 Å². The number of hydrogen-bond acceptors (Lipinski definition) is 5. The number of benzene rings is 3. The fourth-order valence-corrected chi connectivity index (χ4v) is 4.88. The first-order chi connectivity index (χ1) is 16.8. The Kier molecular flexibility index (Phi) is 7.93. The van der Waals surface area contributed by atoms with Gasteiger partial charge in [0.25, 0.3) is 5.91 Å². The van der Waals surface area contributed by atoms with E-state index in [0.717, 1.165) is 16.9 Å². The van der Waals surface area contributed by atoms with Gasteiger partial charge in [-0.2, -0.15) is 0 Å². The fourth-order valence-electron chi connectivity index (χ4n) is 3.64. The molecular weight excluding hydrogens is 474 g/mol. The summed E-state index contributed by atoms with van der Waals surface area (Å²) in [5.41, 5.74) is 3.26. The first kappa shape index (κ1) is 25.0. The quantitative estimate of drug-likeness (QED) is 0.191. The number of thioether (sulfide) groups is 1. The molecule has 4 nitrogen and oxygen atoms in total. The molecule has 0 atom stereocenters. The van der Waals surface area contributed by atoms with E-state index in [0.29, 0.717) is 34.7 Å². The highest BCUT2D eigenvalue weighted by atomic mass is 32.2. The summed E-state index contributed by atoms with van der Waals surface area (Å²) in [5.74, 6) is 1.44. The van der Waals surface area contributed by atoms with Crippen LogP contribution in [-0.4, -0.2) is 28.3 Å². The van der Waals surface area contributed by atoms with E-state index in [1.165, 1.54) is 17.3 Å². The van der Waals surface area contributed by atoms with Crippen molar-refractivity contribution < 1.29 is 14.3 Å². The summed E-state index contributed by atoms with van der Waals surface area (Å²) in [6.45, 7) is 7.85. The molecule has 6 heteroatoms. The van der Waals surface area contributed by atoms with Crippen molar-refractivity contribution in [1.29, 1.82) is 0 Å². The lowest BCUT2D eigenvalue weighted by molar-refractivity contribution is -0.122. The van der Waals surface area contributed by atoms with Gasteiger partial charge in [0.2, 0.25) is 0 Å². The van der Waals surface area contributed by atoms with E-state index >= 15 is 0 Å². The standard InChI is InChI=1S/C29H29NO3S2/c1-29(2,3)23-13-15-24(16-14-23)32-17-18-33-25-12-8-7-11-22(25)19-26-27(31)30(28(34)35-26)20-21-9-5-4-6-10-21/h4-16,19H,17-18,20H2,1-3H3. The number of hydrogen-bond donors (Lipinski definition) is 0. The van der Waals surface area contributed by atoms with Crippen LogP contribution in [0.3, 0.4) is 0 Å². The summed E-state index contributed by atoms with van der Waals surface area (Å²) in [4.78, 5) is 15.3. The molecule has 1 fully saturated rings. The Balaban J connectivity index is 1.36. The summed E-state index contributed by atoms with van der Waals surface area (Å²) in [6.07, 6.45) is 1.85. The van der Waals surface area contributed by atoms with Crippen molar-refractivity contribution in [3.8, 4) is 11.5 Å². The maximum atomic E-state index is 13.0. The first-order valence-corrected chi connectivity index (χ1v) is 12.8. The van der Waals surface area contributed by atoms with Crippen LogP contribution in [0, 0.1) is 0 Å². The molecule has 1 aliphatic heterocycles. The lowest BCUT2D eigenvalue weighted by Gasteiger charge is -2.19. The number of thiocarbonyl (C=S) groups is 1. The third-order valence-electron chi connectivity index (χ3n) is 5.59. The van der Waals surface area contributed by atoms with E-state index in [2.05, 4.69) is 32.9 Å². The second-order valence-corrected chi connectivity index (χ2v) is 10.9. The van der Waals surface area contributed by atoms with Crippen molar-refractivity contribution >= 4 is 40.3 Å². The van der Waals surface area contributed by atoms with Crippen LogP contribution in [0.5, 0.6) is 11.5 Å². The molecule has 0 N–H and O–H groups in total. The Hall–Kier alpha value is -3.09. The van der Waals surface area contributed by atoms with Gasteiger partial charge in [0.1, 0.15) is 29.0 Å². The minimum absolute atomic E-state index is 0.0827. The van der Waals surface area contributed by atoms with Gasteiger partial charge in [0.15, 0.2) is 0 Å². The van der Waals surface area contributed by atoms with Crippen LogP contribution in [0.4, 0.5) is 0 Å². The van der Waals surface area contributed by atoms with E-state index < -0.39 is 0 Å². The zero-order chi connectivity index (χ0) is 24.8. The lowest BCUT2D eigenvalue weighted by atomic mass is 9.87. The average molecular weight is 504 g/mol. The molecule has 4 rings (SSSR count). The predicted octanol–water partition coefficient (Wildman–Crippen LogP) is 6.84. The highest BCUT2D eigenvalue weighted by Gasteiger charge is 2.32. The van der Waals surface area contributed by atoms with Crippen molar-refractivity contribution in [3.63, 3.8) is 0 Å². The number of nitrogens with zero attached hydrogens (tertiary/aromatic N) is 1. The summed E-state index contributed by atoms with van der Waals surface area (Å²) in [7, 11) is 0. The molecule has 35 heavy (non-hydrogen) atoms. The molecule has 0 radical (unpaired) electrons. The number of ether oxygens (including phenoxy) is 2. The number of carbonyl (C=O) groups is 1. The highest BCUT2D eigenvalue weighted by molar-refractivity contribution is 8.26. The van der Waals surface area contributed by atoms with Gasteiger partial charge in [-0.05, 0) is 40.8 Å². The molecule has 3 aromatic carbocycles. The largest absolute Gasteiger partial charge is 0.490 e. The summed E-state index contributed by atoms with van der Waals surface area (Å²) < 4.78 is 12.4. The molecular formula is C29H29NO3S2. The van der Waals surface area contributed by atoms with Crippen LogP contribution >= 0.6 is 24.0 Å². The van der Waals surface area contributed by atoms with E-state index in [1.807, 2.05) is 72.8 Å². The second-order valence-electron chi connectivity index (χ2n) is 9.26. The van der Waals surface area contributed by atoms with E-state index in [-0.39, 0.29) is 11.3 Å². The van der Waals surface area contributed by atoms with Crippen molar-refractivity contribution in [2.75, 3.05) is 13.2 Å². The van der Waals surface area contributed by atoms with Crippen LogP contribution in [0.15, 0.2) is 83.8 Å². The van der Waals surface area contributed by atoms with Gasteiger partial charge in [0, 0.05) is 5.56 Å². The smallest absolute Gasteiger partial charge is 0.266 e. The highest BCUT2D eigenvalue weighted by Crippen LogP contribution is 2.35. The van der Waals surface area contributed by atoms with Gasteiger partial charge in [-0.1, -0.05) is 105 Å². The normalized spacial score (nSPS) is 15.1. The molecule has 0 spiro atoms. The first-order valence-electron chi connectivity index (χ1n) is 11.6. The Morgan fingerprint density at radius 1 is 0.886 bits per heavy atom. The molecule has 180 valence electrons. The summed E-state index contributed by atoms with van der Waals surface area (Å²) in [5, 5.41) is 0. The molecule has 0 aromatic heterocycles. The van der Waals surface area contributed by atoms with Crippen molar-refractivity contribution in [2.45, 2.75) is 32.7 Å². The maximum Gasteiger partial charge on any atom is 0.266 e. The summed E-state index contributed by atoms with van der Waals surface area (Å²) >= 11 is 6.80. The zero-order valence-corrected chi connectivity index (χ0v) is 21.8. The Labute approximate surface area is 216 Å². The summed E-state index contributed by atoms with van der Waals surface area (Å²) in [6, 6.07) is 25.7. The van der Waals surface area contributed by atoms with Crippen LogP contribution in [0.25, 0.3) is 6.08 Å². The SMILES string of the molecule is CC(C)(C)c1ccc(OCCOc2ccccc2C=C2SC(=S)N(Cc3ccccc3)C2=O)cc1. The van der Waals surface area contributed by atoms with E-state index in [9.17, 15) is 4.79 Å². The minimum Gasteiger partial charge on any atom is -0.490 e. The molecule has 3 aromatic rings. The van der Waals surface area contributed by atoms with Crippen LogP contribution in [0.2, 0.25) is 0 Å². The molecule has 0 saturated carbocycles. The lowest BCUT2D eigenvalue weighted by Crippen LogP contribution is -2.27. The molecule has 0 bridgehead atoms. The zero-order valence-electron chi connectivity index (χ0n) is 20.2. The molecule has 0 unspecified atom stereocenters. The van der Waals surface area contributed by atoms with E-state index in [4.69, 9.17) is 21.7 Å². The van der Waals surface area contributed by atoms with Gasteiger partial charge < -0.3 is 9.47 Å². The van der Waals surface area contributed by atoms with Gasteiger partial charge >= 0.3 is 0 Å². The Morgan fingerprint density at radius 3 is 2.26 bits per heavy atom. The van der Waals surface area contributed by atoms with Crippen LogP contribution < -0.4 is 9.47 Å². The third-order valence-corrected chi connectivity index (χ3v) is 6.97. The fraction of sp³-hybridized carbons (Fsp3) is 0.241. The Morgan fingerprint density at radius 2 is 1.54 bits per heavy atom. The molecule has 1 saturated heterocycles. The molecule has 0 aliphatic carbocycles. The topological polar surface area (TPSA) is 38.8 Å². The van der Waals surface area contributed by atoms with Crippen molar-refractivity contribution in [1.82, 2.24) is 4.90 Å². The maximum absolute atomic E-state index is 13.0. The molecule has 1 heterocycles. The number of rotatable bonds is 8. The number of carbonyl (C=O) groups excluding carboxylic acids is 1. The van der Waals surface area contributed by atoms with Gasteiger partial charge in [-0.3, -0.25) is 9.69 Å². The van der Waals surface area contributed by atoms with Crippen LogP contribution in [0.1, 0.15) is 37.5 Å². The van der Waals surface area contributed by atoms with Crippen LogP contribution in [-0.2, 0) is 16.8 Å². The predicted molar refractivity (Wildman–Crippen MR) is 148 cm³/mol. The minimum atomic E-state index is -0.0827. The number of amides is 1. The monoisotopic (exact) mass is 503 g/mol. The third kappa shape index (κ3) is 6.53. The Bertz CT molecular complexity index is 1210. The molecule has 1 amide bonds. The molecule has 1 aliphatic rings. The van der Waals surface area contributed by atoms with Gasteiger partial charge in [0.05, 0.1) is 11.4 Å². The van der Waals surface area contributed by atoms with E-state index in [1.54, 1.807) is 4.90 Å². The number of para-hydroxylation sites is 1.